The summed E-state index contributed by atoms with van der Waals surface area (Å²) in [5.74, 6) is -1.06. The molecule has 0 saturated carbocycles. The van der Waals surface area contributed by atoms with Crippen LogP contribution in [0.4, 0.5) is 5.69 Å². The molecule has 1 aliphatic heterocycles. The number of aromatic nitrogens is 1. The van der Waals surface area contributed by atoms with E-state index >= 15 is 0 Å². The standard InChI is InChI=1S/C22H19Cl2N3O3/c1-27-10-9-18-14(11-27)20(13-5-2-3-8-17(13)25-18)22(29)30-12-19(28)26-21-15(23)6-4-7-16(21)24/h2-8H,9-12H2,1H3,(H,26,28)/p+1. The molecule has 3 aromatic rings. The minimum absolute atomic E-state index is 0.291. The van der Waals surface area contributed by atoms with E-state index in [2.05, 4.69) is 12.4 Å². The fourth-order valence-electron chi connectivity index (χ4n) is 3.65. The summed E-state index contributed by atoms with van der Waals surface area (Å²) in [4.78, 5) is 31.4. The highest BCUT2D eigenvalue weighted by Crippen LogP contribution is 2.30. The molecule has 6 nitrogen and oxygen atoms in total. The highest BCUT2D eigenvalue weighted by atomic mass is 35.5. The Hall–Kier alpha value is -2.67. The molecule has 2 aromatic carbocycles. The number of nitrogens with zero attached hydrogens (tertiary/aromatic N) is 1. The third-order valence-corrected chi connectivity index (χ3v) is 5.74. The molecule has 1 amide bonds. The first kappa shape index (κ1) is 20.6. The zero-order valence-corrected chi connectivity index (χ0v) is 17.8. The van der Waals surface area contributed by atoms with Crippen molar-refractivity contribution in [1.29, 1.82) is 0 Å². The van der Waals surface area contributed by atoms with E-state index in [0.717, 1.165) is 35.1 Å². The van der Waals surface area contributed by atoms with Crippen LogP contribution in [0.3, 0.4) is 0 Å². The minimum atomic E-state index is -0.542. The molecule has 0 aliphatic carbocycles. The lowest BCUT2D eigenvalue weighted by atomic mass is 9.96. The summed E-state index contributed by atoms with van der Waals surface area (Å²) in [6.07, 6.45) is 0.789. The zero-order chi connectivity index (χ0) is 21.3. The number of para-hydroxylation sites is 2. The Bertz CT molecular complexity index is 1130. The first-order valence-corrected chi connectivity index (χ1v) is 10.3. The molecule has 0 saturated heterocycles. The van der Waals surface area contributed by atoms with Crippen molar-refractivity contribution in [2.45, 2.75) is 13.0 Å². The van der Waals surface area contributed by atoms with Crippen LogP contribution in [0.1, 0.15) is 21.6 Å². The van der Waals surface area contributed by atoms with Crippen LogP contribution < -0.4 is 10.2 Å². The number of ether oxygens (including phenoxy) is 1. The summed E-state index contributed by atoms with van der Waals surface area (Å²) < 4.78 is 5.38. The molecular weight excluding hydrogens is 425 g/mol. The lowest BCUT2D eigenvalue weighted by Crippen LogP contribution is -3.08. The second kappa shape index (κ2) is 8.60. The number of rotatable bonds is 4. The topological polar surface area (TPSA) is 72.7 Å². The van der Waals surface area contributed by atoms with E-state index in [1.165, 1.54) is 4.90 Å². The Labute approximate surface area is 183 Å². The number of halogens is 2. The van der Waals surface area contributed by atoms with Crippen molar-refractivity contribution < 1.29 is 19.2 Å². The van der Waals surface area contributed by atoms with Crippen LogP contribution in [0.5, 0.6) is 0 Å². The molecule has 0 radical (unpaired) electrons. The number of hydrogen-bond acceptors (Lipinski definition) is 4. The molecule has 8 heteroatoms. The molecule has 0 bridgehead atoms. The predicted molar refractivity (Wildman–Crippen MR) is 116 cm³/mol. The minimum Gasteiger partial charge on any atom is -0.452 e. The fraction of sp³-hybridized carbons (Fsp3) is 0.227. The number of nitrogens with one attached hydrogen (secondary N) is 2. The molecule has 0 spiro atoms. The number of anilines is 1. The summed E-state index contributed by atoms with van der Waals surface area (Å²) in [6, 6.07) is 12.4. The number of amides is 1. The molecule has 2 heterocycles. The van der Waals surface area contributed by atoms with Gasteiger partial charge in [-0.3, -0.25) is 9.78 Å². The number of esters is 1. The van der Waals surface area contributed by atoms with E-state index in [1.54, 1.807) is 18.2 Å². The van der Waals surface area contributed by atoms with E-state index in [9.17, 15) is 9.59 Å². The van der Waals surface area contributed by atoms with Gasteiger partial charge < -0.3 is 15.0 Å². The van der Waals surface area contributed by atoms with Crippen LogP contribution in [0, 0.1) is 0 Å². The number of quaternary nitrogens is 1. The summed E-state index contributed by atoms with van der Waals surface area (Å²) in [7, 11) is 2.08. The lowest BCUT2D eigenvalue weighted by Gasteiger charge is -2.24. The second-order valence-corrected chi connectivity index (χ2v) is 8.10. The number of likely N-dealkylation sites (N-methyl/N-ethyl adjacent to an activating group) is 1. The van der Waals surface area contributed by atoms with Gasteiger partial charge in [0.05, 0.1) is 46.1 Å². The van der Waals surface area contributed by atoms with Gasteiger partial charge in [-0.25, -0.2) is 4.79 Å². The van der Waals surface area contributed by atoms with Crippen LogP contribution in [0.25, 0.3) is 10.9 Å². The van der Waals surface area contributed by atoms with Gasteiger partial charge in [0.15, 0.2) is 6.61 Å². The van der Waals surface area contributed by atoms with Gasteiger partial charge in [-0.2, -0.15) is 0 Å². The molecule has 1 unspecified atom stereocenters. The normalized spacial score (nSPS) is 15.5. The van der Waals surface area contributed by atoms with Crippen LogP contribution >= 0.6 is 23.2 Å². The quantitative estimate of drug-likeness (QED) is 0.606. The Morgan fingerprint density at radius 1 is 1.13 bits per heavy atom. The number of hydrogen-bond donors (Lipinski definition) is 2. The molecule has 0 fully saturated rings. The number of pyridine rings is 1. The summed E-state index contributed by atoms with van der Waals surface area (Å²) in [5.41, 5.74) is 3.32. The smallest absolute Gasteiger partial charge is 0.339 e. The molecule has 154 valence electrons. The van der Waals surface area contributed by atoms with Crippen molar-refractivity contribution in [3.05, 3.63) is 69.3 Å². The van der Waals surface area contributed by atoms with Crippen molar-refractivity contribution in [2.75, 3.05) is 25.5 Å². The number of benzene rings is 2. The van der Waals surface area contributed by atoms with Crippen molar-refractivity contribution in [3.63, 3.8) is 0 Å². The van der Waals surface area contributed by atoms with Crippen molar-refractivity contribution in [3.8, 4) is 0 Å². The third kappa shape index (κ3) is 4.12. The summed E-state index contributed by atoms with van der Waals surface area (Å²) >= 11 is 12.1. The molecule has 30 heavy (non-hydrogen) atoms. The molecular formula is C22H20Cl2N3O3+. The Morgan fingerprint density at radius 2 is 1.87 bits per heavy atom. The van der Waals surface area contributed by atoms with E-state index in [4.69, 9.17) is 32.9 Å². The maximum absolute atomic E-state index is 13.0. The average molecular weight is 445 g/mol. The number of carbonyl (C=O) groups is 2. The Balaban J connectivity index is 1.58. The first-order chi connectivity index (χ1) is 14.4. The van der Waals surface area contributed by atoms with Gasteiger partial charge >= 0.3 is 5.97 Å². The van der Waals surface area contributed by atoms with Crippen molar-refractivity contribution in [1.82, 2.24) is 4.98 Å². The largest absolute Gasteiger partial charge is 0.452 e. The first-order valence-electron chi connectivity index (χ1n) is 9.57. The highest BCUT2D eigenvalue weighted by Gasteiger charge is 2.27. The van der Waals surface area contributed by atoms with Gasteiger partial charge in [-0.05, 0) is 18.2 Å². The highest BCUT2D eigenvalue weighted by molar-refractivity contribution is 6.39. The Morgan fingerprint density at radius 3 is 2.63 bits per heavy atom. The van der Waals surface area contributed by atoms with Crippen LogP contribution in [-0.2, 0) is 22.5 Å². The van der Waals surface area contributed by atoms with Crippen LogP contribution in [0.2, 0.25) is 10.0 Å². The fourth-order valence-corrected chi connectivity index (χ4v) is 4.14. The van der Waals surface area contributed by atoms with E-state index in [-0.39, 0.29) is 0 Å². The van der Waals surface area contributed by atoms with Gasteiger partial charge in [-0.15, -0.1) is 0 Å². The van der Waals surface area contributed by atoms with Crippen molar-refractivity contribution >= 4 is 51.7 Å². The van der Waals surface area contributed by atoms with Crippen LogP contribution in [0.15, 0.2) is 42.5 Å². The molecule has 2 N–H and O–H groups in total. The number of fused-ring (bicyclic) bond motifs is 2. The van der Waals surface area contributed by atoms with Crippen molar-refractivity contribution in [2.24, 2.45) is 0 Å². The monoisotopic (exact) mass is 444 g/mol. The SMILES string of the molecule is C[NH+]1CCc2nc3ccccc3c(C(=O)OCC(=O)Nc3c(Cl)cccc3Cl)c2C1. The lowest BCUT2D eigenvalue weighted by molar-refractivity contribution is -0.895. The summed E-state index contributed by atoms with van der Waals surface area (Å²) in [5, 5.41) is 3.94. The Kier molecular flexibility index (Phi) is 5.90. The maximum atomic E-state index is 13.0. The zero-order valence-electron chi connectivity index (χ0n) is 16.3. The van der Waals surface area contributed by atoms with E-state index in [0.29, 0.717) is 27.8 Å². The van der Waals surface area contributed by atoms with Gasteiger partial charge in [-0.1, -0.05) is 47.5 Å². The number of carbonyl (C=O) groups excluding carboxylic acids is 2. The predicted octanol–water partition coefficient (Wildman–Crippen LogP) is 2.91. The van der Waals surface area contributed by atoms with E-state index in [1.807, 2.05) is 24.3 Å². The summed E-state index contributed by atoms with van der Waals surface area (Å²) in [6.45, 7) is 1.18. The van der Waals surface area contributed by atoms with Crippen LogP contribution in [-0.4, -0.2) is 37.1 Å². The molecule has 1 aromatic heterocycles. The van der Waals surface area contributed by atoms with Gasteiger partial charge in [0.1, 0.15) is 6.54 Å². The van der Waals surface area contributed by atoms with Gasteiger partial charge in [0.25, 0.3) is 5.91 Å². The third-order valence-electron chi connectivity index (χ3n) is 5.11. The van der Waals surface area contributed by atoms with Gasteiger partial charge in [0, 0.05) is 17.4 Å². The molecule has 4 rings (SSSR count). The molecule has 1 atom stereocenters. The molecule has 1 aliphatic rings. The van der Waals surface area contributed by atoms with Gasteiger partial charge in [0.2, 0.25) is 0 Å². The maximum Gasteiger partial charge on any atom is 0.339 e. The average Bonchev–Trinajstić information content (AvgIpc) is 2.73. The van der Waals surface area contributed by atoms with E-state index < -0.39 is 18.5 Å². The second-order valence-electron chi connectivity index (χ2n) is 7.28.